The van der Waals surface area contributed by atoms with Gasteiger partial charge in [-0.2, -0.15) is 0 Å². The van der Waals surface area contributed by atoms with Crippen LogP contribution in [0.25, 0.3) is 0 Å². The minimum atomic E-state index is -0.535. The van der Waals surface area contributed by atoms with Gasteiger partial charge in [-0.05, 0) is 11.6 Å². The lowest BCUT2D eigenvalue weighted by atomic mass is 9.92. The van der Waals surface area contributed by atoms with Gasteiger partial charge < -0.3 is 5.32 Å². The van der Waals surface area contributed by atoms with Crippen molar-refractivity contribution in [3.05, 3.63) is 35.4 Å². The van der Waals surface area contributed by atoms with Crippen molar-refractivity contribution in [2.24, 2.45) is 0 Å². The fraction of sp³-hybridized carbons (Fsp3) is 0.500. The zero-order chi connectivity index (χ0) is 11.5. The largest absolute Gasteiger partial charge is 0.314 e. The molecule has 1 fully saturated rings. The SMILES string of the molecule is CC(c1ccc(F)cc1F)C1CNCC[N]1. The molecule has 0 amide bonds. The highest BCUT2D eigenvalue weighted by atomic mass is 19.1. The summed E-state index contributed by atoms with van der Waals surface area (Å²) in [5.74, 6) is -1.03. The Bertz CT molecular complexity index is 362. The third-order valence-electron chi connectivity index (χ3n) is 3.04. The average Bonchev–Trinajstić information content (AvgIpc) is 2.29. The Kier molecular flexibility index (Phi) is 3.51. The van der Waals surface area contributed by atoms with Crippen LogP contribution in [0.15, 0.2) is 18.2 Å². The zero-order valence-corrected chi connectivity index (χ0v) is 9.21. The summed E-state index contributed by atoms with van der Waals surface area (Å²) in [6, 6.07) is 3.82. The smallest absolute Gasteiger partial charge is 0.129 e. The molecular weight excluding hydrogens is 210 g/mol. The van der Waals surface area contributed by atoms with Gasteiger partial charge in [0.25, 0.3) is 0 Å². The van der Waals surface area contributed by atoms with Crippen molar-refractivity contribution in [2.45, 2.75) is 18.9 Å². The molecule has 1 saturated heterocycles. The molecule has 0 aromatic heterocycles. The molecular formula is C12H15F2N2. The molecule has 0 aliphatic carbocycles. The lowest BCUT2D eigenvalue weighted by Crippen LogP contribution is -2.46. The van der Waals surface area contributed by atoms with Gasteiger partial charge in [-0.15, -0.1) is 0 Å². The van der Waals surface area contributed by atoms with E-state index in [4.69, 9.17) is 0 Å². The van der Waals surface area contributed by atoms with Crippen molar-refractivity contribution in [3.8, 4) is 0 Å². The summed E-state index contributed by atoms with van der Waals surface area (Å²) < 4.78 is 26.3. The predicted molar refractivity (Wildman–Crippen MR) is 58.4 cm³/mol. The van der Waals surface area contributed by atoms with Gasteiger partial charge in [0.1, 0.15) is 11.6 Å². The van der Waals surface area contributed by atoms with Gasteiger partial charge in [-0.25, -0.2) is 14.1 Å². The fourth-order valence-corrected chi connectivity index (χ4v) is 2.04. The molecule has 1 N–H and O–H groups in total. The number of rotatable bonds is 2. The Hall–Kier alpha value is -1.00. The molecule has 0 saturated carbocycles. The summed E-state index contributed by atoms with van der Waals surface area (Å²) >= 11 is 0. The number of nitrogens with one attached hydrogen (secondary N) is 1. The van der Waals surface area contributed by atoms with E-state index in [0.29, 0.717) is 5.56 Å². The molecule has 2 atom stereocenters. The van der Waals surface area contributed by atoms with E-state index >= 15 is 0 Å². The Morgan fingerprint density at radius 2 is 2.25 bits per heavy atom. The standard InChI is InChI=1S/C12H15F2N2/c1-8(12-7-15-4-5-16-12)10-3-2-9(13)6-11(10)14/h2-3,6,8,12,15H,4-5,7H2,1H3. The molecule has 2 unspecified atom stereocenters. The van der Waals surface area contributed by atoms with Gasteiger partial charge in [0.2, 0.25) is 0 Å². The van der Waals surface area contributed by atoms with Crippen LogP contribution in [0.1, 0.15) is 18.4 Å². The second-order valence-corrected chi connectivity index (χ2v) is 4.13. The summed E-state index contributed by atoms with van der Waals surface area (Å²) in [6.45, 7) is 4.34. The van der Waals surface area contributed by atoms with E-state index in [1.54, 1.807) is 0 Å². The van der Waals surface area contributed by atoms with E-state index in [-0.39, 0.29) is 12.0 Å². The van der Waals surface area contributed by atoms with Gasteiger partial charge in [-0.1, -0.05) is 13.0 Å². The maximum atomic E-state index is 13.6. The summed E-state index contributed by atoms with van der Waals surface area (Å²) in [5.41, 5.74) is 0.541. The number of piperazine rings is 1. The van der Waals surface area contributed by atoms with E-state index in [0.717, 1.165) is 25.7 Å². The maximum Gasteiger partial charge on any atom is 0.129 e. The van der Waals surface area contributed by atoms with Crippen LogP contribution in [-0.2, 0) is 0 Å². The van der Waals surface area contributed by atoms with E-state index < -0.39 is 11.6 Å². The third-order valence-corrected chi connectivity index (χ3v) is 3.04. The molecule has 0 spiro atoms. The van der Waals surface area contributed by atoms with Crippen molar-refractivity contribution < 1.29 is 8.78 Å². The average molecular weight is 225 g/mol. The van der Waals surface area contributed by atoms with Crippen LogP contribution in [0.2, 0.25) is 0 Å². The van der Waals surface area contributed by atoms with E-state index in [1.807, 2.05) is 6.92 Å². The first kappa shape index (κ1) is 11.5. The van der Waals surface area contributed by atoms with Crippen molar-refractivity contribution >= 4 is 0 Å². The van der Waals surface area contributed by atoms with Crippen LogP contribution in [0.4, 0.5) is 8.78 Å². The summed E-state index contributed by atoms with van der Waals surface area (Å²) in [7, 11) is 0. The lowest BCUT2D eigenvalue weighted by molar-refractivity contribution is 0.364. The molecule has 1 aromatic carbocycles. The van der Waals surface area contributed by atoms with Crippen molar-refractivity contribution in [2.75, 3.05) is 19.6 Å². The summed E-state index contributed by atoms with van der Waals surface area (Å²) in [4.78, 5) is 0. The Morgan fingerprint density at radius 3 is 2.88 bits per heavy atom. The molecule has 1 aliphatic rings. The highest BCUT2D eigenvalue weighted by molar-refractivity contribution is 5.23. The first-order chi connectivity index (χ1) is 7.68. The zero-order valence-electron chi connectivity index (χ0n) is 9.21. The normalized spacial score (nSPS) is 23.1. The van der Waals surface area contributed by atoms with Crippen LogP contribution in [0, 0.1) is 11.6 Å². The Balaban J connectivity index is 2.15. The molecule has 2 rings (SSSR count). The molecule has 16 heavy (non-hydrogen) atoms. The first-order valence-corrected chi connectivity index (χ1v) is 5.51. The second-order valence-electron chi connectivity index (χ2n) is 4.13. The van der Waals surface area contributed by atoms with Crippen molar-refractivity contribution in [3.63, 3.8) is 0 Å². The lowest BCUT2D eigenvalue weighted by Gasteiger charge is -2.28. The number of benzene rings is 1. The molecule has 2 nitrogen and oxygen atoms in total. The molecule has 87 valence electrons. The molecule has 1 radical (unpaired) electrons. The van der Waals surface area contributed by atoms with Crippen LogP contribution in [0.3, 0.4) is 0 Å². The van der Waals surface area contributed by atoms with Crippen molar-refractivity contribution in [1.29, 1.82) is 0 Å². The first-order valence-electron chi connectivity index (χ1n) is 5.51. The number of halogens is 2. The summed E-state index contributed by atoms with van der Waals surface area (Å²) in [5, 5.41) is 7.67. The molecule has 0 bridgehead atoms. The topological polar surface area (TPSA) is 26.1 Å². The van der Waals surface area contributed by atoms with Crippen LogP contribution >= 0.6 is 0 Å². The van der Waals surface area contributed by atoms with E-state index in [1.165, 1.54) is 12.1 Å². The maximum absolute atomic E-state index is 13.6. The third kappa shape index (κ3) is 2.39. The molecule has 1 aromatic rings. The van der Waals surface area contributed by atoms with Crippen LogP contribution < -0.4 is 10.6 Å². The van der Waals surface area contributed by atoms with Gasteiger partial charge in [0, 0.05) is 37.7 Å². The number of nitrogens with zero attached hydrogens (tertiary/aromatic N) is 1. The molecule has 1 heterocycles. The van der Waals surface area contributed by atoms with Gasteiger partial charge in [0.15, 0.2) is 0 Å². The minimum Gasteiger partial charge on any atom is -0.314 e. The summed E-state index contributed by atoms with van der Waals surface area (Å²) in [6.07, 6.45) is 0. The van der Waals surface area contributed by atoms with E-state index in [9.17, 15) is 8.78 Å². The Morgan fingerprint density at radius 1 is 1.44 bits per heavy atom. The van der Waals surface area contributed by atoms with Crippen molar-refractivity contribution in [1.82, 2.24) is 10.6 Å². The fourth-order valence-electron chi connectivity index (χ4n) is 2.04. The minimum absolute atomic E-state index is 0.0200. The highest BCUT2D eigenvalue weighted by Gasteiger charge is 2.24. The Labute approximate surface area is 94.0 Å². The number of hydrogen-bond donors (Lipinski definition) is 1. The number of hydrogen-bond acceptors (Lipinski definition) is 1. The second kappa shape index (κ2) is 4.89. The van der Waals surface area contributed by atoms with Crippen LogP contribution in [0.5, 0.6) is 0 Å². The van der Waals surface area contributed by atoms with Gasteiger partial charge in [-0.3, -0.25) is 0 Å². The van der Waals surface area contributed by atoms with Gasteiger partial charge in [0.05, 0.1) is 0 Å². The van der Waals surface area contributed by atoms with Gasteiger partial charge >= 0.3 is 0 Å². The highest BCUT2D eigenvalue weighted by Crippen LogP contribution is 2.23. The molecule has 1 aliphatic heterocycles. The predicted octanol–water partition coefficient (Wildman–Crippen LogP) is 1.64. The molecule has 4 heteroatoms. The monoisotopic (exact) mass is 225 g/mol. The van der Waals surface area contributed by atoms with Crippen LogP contribution in [-0.4, -0.2) is 25.7 Å². The van der Waals surface area contributed by atoms with E-state index in [2.05, 4.69) is 10.6 Å². The quantitative estimate of drug-likeness (QED) is 0.813.